The molecule has 0 bridgehead atoms. The lowest BCUT2D eigenvalue weighted by molar-refractivity contribution is 0.428. The maximum absolute atomic E-state index is 13.9. The number of nitrogens with zero attached hydrogens (tertiary/aromatic N) is 2. The Labute approximate surface area is 150 Å². The van der Waals surface area contributed by atoms with Crippen molar-refractivity contribution in [2.75, 3.05) is 18.0 Å². The van der Waals surface area contributed by atoms with Crippen LogP contribution in [0, 0.1) is 11.7 Å². The monoisotopic (exact) mass is 365 g/mol. The van der Waals surface area contributed by atoms with E-state index in [1.807, 2.05) is 11.0 Å². The lowest BCUT2D eigenvalue weighted by Crippen LogP contribution is -2.40. The molecule has 0 aromatic carbocycles. The lowest BCUT2D eigenvalue weighted by atomic mass is 10.1. The van der Waals surface area contributed by atoms with E-state index in [2.05, 4.69) is 23.3 Å². The topological polar surface area (TPSA) is 28.2 Å². The Morgan fingerprint density at radius 2 is 2.29 bits per heavy atom. The van der Waals surface area contributed by atoms with E-state index in [0.717, 1.165) is 23.8 Å². The molecule has 1 aliphatic carbocycles. The zero-order chi connectivity index (χ0) is 16.7. The van der Waals surface area contributed by atoms with Gasteiger partial charge in [-0.25, -0.2) is 9.37 Å². The van der Waals surface area contributed by atoms with Crippen LogP contribution in [-0.4, -0.2) is 30.2 Å². The molecule has 0 unspecified atom stereocenters. The molecule has 24 heavy (non-hydrogen) atoms. The van der Waals surface area contributed by atoms with Crippen molar-refractivity contribution in [3.63, 3.8) is 0 Å². The van der Waals surface area contributed by atoms with Gasteiger partial charge in [-0.3, -0.25) is 0 Å². The molecule has 2 aromatic rings. The van der Waals surface area contributed by atoms with Crippen molar-refractivity contribution in [1.82, 2.24) is 10.3 Å². The summed E-state index contributed by atoms with van der Waals surface area (Å²) in [7, 11) is 0. The van der Waals surface area contributed by atoms with Crippen molar-refractivity contribution in [3.05, 3.63) is 45.5 Å². The third-order valence-electron chi connectivity index (χ3n) is 5.17. The summed E-state index contributed by atoms with van der Waals surface area (Å²) in [5, 5.41) is 3.75. The Kier molecular flexibility index (Phi) is 4.50. The van der Waals surface area contributed by atoms with Crippen LogP contribution in [0.3, 0.4) is 0 Å². The highest BCUT2D eigenvalue weighted by Crippen LogP contribution is 2.52. The van der Waals surface area contributed by atoms with Gasteiger partial charge in [0.05, 0.1) is 4.34 Å². The molecule has 2 aliphatic rings. The molecule has 1 N–H and O–H groups in total. The van der Waals surface area contributed by atoms with Crippen LogP contribution >= 0.6 is 22.9 Å². The molecule has 128 valence electrons. The highest BCUT2D eigenvalue weighted by atomic mass is 35.5. The first kappa shape index (κ1) is 16.3. The fraction of sp³-hybridized carbons (Fsp3) is 0.500. The van der Waals surface area contributed by atoms with Gasteiger partial charge in [-0.1, -0.05) is 11.6 Å². The molecule has 4 atom stereocenters. The molecule has 0 radical (unpaired) electrons. The number of thiophene rings is 1. The molecular weight excluding hydrogens is 345 g/mol. The number of rotatable bonds is 5. The van der Waals surface area contributed by atoms with E-state index >= 15 is 0 Å². The van der Waals surface area contributed by atoms with Gasteiger partial charge in [-0.05, 0) is 55.9 Å². The fourth-order valence-electron chi connectivity index (χ4n) is 3.82. The quantitative estimate of drug-likeness (QED) is 0.856. The van der Waals surface area contributed by atoms with Gasteiger partial charge in [0.15, 0.2) is 11.6 Å². The summed E-state index contributed by atoms with van der Waals surface area (Å²) in [5.74, 6) is 1.58. The van der Waals surface area contributed by atoms with E-state index in [1.54, 1.807) is 23.6 Å². The van der Waals surface area contributed by atoms with Crippen molar-refractivity contribution < 1.29 is 4.39 Å². The number of nitrogens with one attached hydrogen (secondary N) is 1. The molecule has 6 heteroatoms. The molecule has 1 saturated carbocycles. The van der Waals surface area contributed by atoms with Crippen molar-refractivity contribution in [2.45, 2.75) is 37.8 Å². The second-order valence-electron chi connectivity index (χ2n) is 6.84. The molecular formula is C18H21ClFN3S. The highest BCUT2D eigenvalue weighted by Gasteiger charge is 2.43. The summed E-state index contributed by atoms with van der Waals surface area (Å²) in [6, 6.07) is 8.13. The number of anilines is 1. The number of halogens is 2. The third kappa shape index (κ3) is 3.30. The second kappa shape index (κ2) is 6.62. The van der Waals surface area contributed by atoms with E-state index in [-0.39, 0.29) is 5.82 Å². The zero-order valence-electron chi connectivity index (χ0n) is 13.6. The van der Waals surface area contributed by atoms with E-state index in [9.17, 15) is 4.39 Å². The van der Waals surface area contributed by atoms with E-state index in [0.29, 0.717) is 29.7 Å². The predicted molar refractivity (Wildman–Crippen MR) is 97.6 cm³/mol. The molecule has 2 aromatic heterocycles. The van der Waals surface area contributed by atoms with Gasteiger partial charge >= 0.3 is 0 Å². The van der Waals surface area contributed by atoms with Crippen LogP contribution in [0.5, 0.6) is 0 Å². The van der Waals surface area contributed by atoms with Crippen LogP contribution < -0.4 is 10.2 Å². The molecule has 3 nitrogen and oxygen atoms in total. The van der Waals surface area contributed by atoms with Crippen molar-refractivity contribution in [2.24, 2.45) is 5.92 Å². The Balaban J connectivity index is 1.32. The summed E-state index contributed by atoms with van der Waals surface area (Å²) in [4.78, 5) is 7.64. The number of hydrogen-bond donors (Lipinski definition) is 1. The van der Waals surface area contributed by atoms with E-state index in [1.165, 1.54) is 17.4 Å². The molecule has 3 heterocycles. The van der Waals surface area contributed by atoms with Gasteiger partial charge in [0.1, 0.15) is 0 Å². The van der Waals surface area contributed by atoms with Crippen LogP contribution in [0.2, 0.25) is 4.34 Å². The average Bonchev–Trinajstić information content (AvgIpc) is 3.04. The van der Waals surface area contributed by atoms with Crippen LogP contribution in [0.15, 0.2) is 30.5 Å². The molecule has 1 aliphatic heterocycles. The van der Waals surface area contributed by atoms with Crippen LogP contribution in [0.1, 0.15) is 30.6 Å². The average molecular weight is 366 g/mol. The number of hydrogen-bond acceptors (Lipinski definition) is 4. The van der Waals surface area contributed by atoms with Gasteiger partial charge in [0.2, 0.25) is 0 Å². The largest absolute Gasteiger partial charge is 0.353 e. The van der Waals surface area contributed by atoms with Gasteiger partial charge in [0, 0.05) is 36.2 Å². The SMILES string of the molecule is C[C@@H](N[C@H]1CCN(c2ncccc2F)C1)[C@@H]1C[C@H]1c1ccc(Cl)s1. The lowest BCUT2D eigenvalue weighted by Gasteiger charge is -2.21. The van der Waals surface area contributed by atoms with Crippen molar-refractivity contribution >= 4 is 28.8 Å². The first-order chi connectivity index (χ1) is 11.6. The van der Waals surface area contributed by atoms with Crippen molar-refractivity contribution in [3.8, 4) is 0 Å². The standard InChI is InChI=1S/C18H21ClFN3S/c1-11(13-9-14(13)16-4-5-17(19)24-16)22-12-6-8-23(10-12)18-15(20)3-2-7-21-18/h2-5,7,11-14,22H,6,8-10H2,1H3/t11-,12+,13+,14-/m1/s1. The highest BCUT2D eigenvalue weighted by molar-refractivity contribution is 7.16. The summed E-state index contributed by atoms with van der Waals surface area (Å²) in [5.41, 5.74) is 0. The minimum Gasteiger partial charge on any atom is -0.353 e. The fourth-order valence-corrected chi connectivity index (χ4v) is 5.07. The molecule has 2 fully saturated rings. The van der Waals surface area contributed by atoms with E-state index < -0.39 is 0 Å². The van der Waals surface area contributed by atoms with Crippen molar-refractivity contribution in [1.29, 1.82) is 0 Å². The van der Waals surface area contributed by atoms with E-state index in [4.69, 9.17) is 11.6 Å². The molecule has 0 amide bonds. The first-order valence-corrected chi connectivity index (χ1v) is 9.68. The predicted octanol–water partition coefficient (Wildman–Crippen LogP) is 4.30. The van der Waals surface area contributed by atoms with Gasteiger partial charge in [0.25, 0.3) is 0 Å². The summed E-state index contributed by atoms with van der Waals surface area (Å²) in [6.07, 6.45) is 3.92. The Morgan fingerprint density at radius 1 is 1.42 bits per heavy atom. The maximum Gasteiger partial charge on any atom is 0.165 e. The Bertz CT molecular complexity index is 722. The summed E-state index contributed by atoms with van der Waals surface area (Å²) in [6.45, 7) is 3.94. The van der Waals surface area contributed by atoms with Crippen LogP contribution in [-0.2, 0) is 0 Å². The number of pyridine rings is 1. The second-order valence-corrected chi connectivity index (χ2v) is 8.59. The minimum absolute atomic E-state index is 0.233. The number of aromatic nitrogens is 1. The third-order valence-corrected chi connectivity index (χ3v) is 6.53. The van der Waals surface area contributed by atoms with Crippen LogP contribution in [0.4, 0.5) is 10.2 Å². The maximum atomic E-state index is 13.9. The summed E-state index contributed by atoms with van der Waals surface area (Å²) < 4.78 is 14.8. The summed E-state index contributed by atoms with van der Waals surface area (Å²) >= 11 is 7.75. The first-order valence-electron chi connectivity index (χ1n) is 8.48. The Morgan fingerprint density at radius 3 is 3.04 bits per heavy atom. The van der Waals surface area contributed by atoms with Gasteiger partial charge in [-0.15, -0.1) is 11.3 Å². The molecule has 1 saturated heterocycles. The van der Waals surface area contributed by atoms with Crippen LogP contribution in [0.25, 0.3) is 0 Å². The normalized spacial score (nSPS) is 27.5. The molecule has 4 rings (SSSR count). The van der Waals surface area contributed by atoms with Gasteiger partial charge < -0.3 is 10.2 Å². The smallest absolute Gasteiger partial charge is 0.165 e. The zero-order valence-corrected chi connectivity index (χ0v) is 15.2. The van der Waals surface area contributed by atoms with Gasteiger partial charge in [-0.2, -0.15) is 0 Å². The Hall–Kier alpha value is -1.17. The molecule has 0 spiro atoms. The minimum atomic E-state index is -0.233.